The smallest absolute Gasteiger partial charge is 1.00 e. The quantitative estimate of drug-likeness (QED) is 0.370. The van der Waals surface area contributed by atoms with Gasteiger partial charge in [-0.3, -0.25) is 6.08 Å². The van der Waals surface area contributed by atoms with Gasteiger partial charge in [0.15, 0.2) is 0 Å². The van der Waals surface area contributed by atoms with Crippen molar-refractivity contribution < 1.29 is 51.0 Å². The molecule has 27 heavy (non-hydrogen) atoms. The van der Waals surface area contributed by atoms with Gasteiger partial charge in [-0.1, -0.05) is 69.3 Å². The molecule has 0 fully saturated rings. The van der Waals surface area contributed by atoms with Gasteiger partial charge in [0, 0.05) is 9.52 Å². The summed E-state index contributed by atoms with van der Waals surface area (Å²) in [6.45, 7) is 6.50. The number of rotatable bonds is 2. The van der Waals surface area contributed by atoms with Crippen molar-refractivity contribution in [2.75, 3.05) is 0 Å². The number of hydrogen-bond donors (Lipinski definition) is 0. The molecule has 1 aliphatic carbocycles. The Morgan fingerprint density at radius 2 is 1.41 bits per heavy atom. The minimum atomic E-state index is 0. The summed E-state index contributed by atoms with van der Waals surface area (Å²) in [7, 11) is 1.08. The minimum Gasteiger partial charge on any atom is -1.00 e. The summed E-state index contributed by atoms with van der Waals surface area (Å²) < 4.78 is 0. The van der Waals surface area contributed by atoms with E-state index in [0.29, 0.717) is 0 Å². The molecule has 0 aromatic heterocycles. The van der Waals surface area contributed by atoms with Crippen molar-refractivity contribution in [3.05, 3.63) is 78.4 Å². The van der Waals surface area contributed by atoms with Crippen molar-refractivity contribution >= 4 is 31.1 Å². The van der Waals surface area contributed by atoms with Crippen LogP contribution in [-0.4, -0.2) is 9.52 Å². The maximum atomic E-state index is 3.26. The van der Waals surface area contributed by atoms with Crippen LogP contribution in [0.4, 0.5) is 0 Å². The summed E-state index contributed by atoms with van der Waals surface area (Å²) in [6, 6.07) is 19.3. The van der Waals surface area contributed by atoms with Gasteiger partial charge in [-0.05, 0) is 0 Å². The number of allylic oxidation sites excluding steroid dienone is 4. The van der Waals surface area contributed by atoms with Crippen LogP contribution in [0.3, 0.4) is 0 Å². The van der Waals surface area contributed by atoms with Crippen molar-refractivity contribution in [3.8, 4) is 0 Å². The van der Waals surface area contributed by atoms with E-state index in [0.717, 1.165) is 15.9 Å². The molecule has 3 aromatic carbocycles. The van der Waals surface area contributed by atoms with Gasteiger partial charge in [0.2, 0.25) is 0 Å². The Hall–Kier alpha value is -0.530. The fourth-order valence-electron chi connectivity index (χ4n) is 2.80. The van der Waals surface area contributed by atoms with Crippen molar-refractivity contribution in [1.82, 2.24) is 0 Å². The molecule has 0 aliphatic heterocycles. The van der Waals surface area contributed by atoms with Gasteiger partial charge in [-0.25, -0.2) is 11.6 Å². The summed E-state index contributed by atoms with van der Waals surface area (Å²) >= 11 is 0. The molecule has 0 saturated heterocycles. The molecule has 0 atom stereocenters. The third-order valence-corrected chi connectivity index (χ3v) is 3.81. The van der Waals surface area contributed by atoms with Gasteiger partial charge in [-0.15, -0.1) is 46.2 Å². The largest absolute Gasteiger partial charge is 4.00 e. The molecule has 4 heteroatoms. The van der Waals surface area contributed by atoms with E-state index in [1.54, 1.807) is 0 Å². The van der Waals surface area contributed by atoms with E-state index in [1.807, 2.05) is 0 Å². The third-order valence-electron chi connectivity index (χ3n) is 3.81. The monoisotopic (exact) mass is 490 g/mol. The Bertz CT molecular complexity index is 771. The molecule has 0 nitrogen and oxygen atoms in total. The van der Waals surface area contributed by atoms with Crippen LogP contribution in [0.5, 0.6) is 0 Å². The van der Waals surface area contributed by atoms with E-state index in [9.17, 15) is 0 Å². The average molecular weight is 493 g/mol. The third kappa shape index (κ3) is 9.01. The molecular weight excluding hydrogens is 466 g/mol. The second-order valence-corrected chi connectivity index (χ2v) is 6.88. The zero-order valence-corrected chi connectivity index (χ0v) is 21.2. The first-order valence-corrected chi connectivity index (χ1v) is 10.7. The molecule has 0 N–H and O–H groups in total. The Balaban J connectivity index is 0. The summed E-state index contributed by atoms with van der Waals surface area (Å²) in [4.78, 5) is 0. The van der Waals surface area contributed by atoms with Crippen molar-refractivity contribution in [2.24, 2.45) is 0 Å². The van der Waals surface area contributed by atoms with Gasteiger partial charge in [0.1, 0.15) is 0 Å². The second-order valence-electron chi connectivity index (χ2n) is 5.88. The predicted octanol–water partition coefficient (Wildman–Crippen LogP) is 0.980. The fourth-order valence-corrected chi connectivity index (χ4v) is 2.80. The van der Waals surface area contributed by atoms with Crippen molar-refractivity contribution in [2.45, 2.75) is 39.3 Å². The summed E-state index contributed by atoms with van der Waals surface area (Å²) in [5.41, 5.74) is 1.40. The summed E-state index contributed by atoms with van der Waals surface area (Å²) in [5, 5.41) is 5.39. The molecule has 140 valence electrons. The van der Waals surface area contributed by atoms with Crippen LogP contribution < -0.4 is 24.8 Å². The molecule has 0 amide bonds. The van der Waals surface area contributed by atoms with Gasteiger partial charge in [0.05, 0.1) is 0 Å². The van der Waals surface area contributed by atoms with Crippen LogP contribution >= 0.6 is 0 Å². The second kappa shape index (κ2) is 16.4. The number of benzene rings is 2. The normalized spacial score (nSPS) is 11.0. The van der Waals surface area contributed by atoms with E-state index in [4.69, 9.17) is 0 Å². The first-order chi connectivity index (χ1) is 11.8. The molecule has 2 radical (unpaired) electrons. The average Bonchev–Trinajstić information content (AvgIpc) is 3.24. The first-order valence-electron chi connectivity index (χ1n) is 8.68. The molecule has 3 aromatic rings. The molecule has 4 rings (SSSR count). The van der Waals surface area contributed by atoms with E-state index in [-0.39, 0.29) is 51.0 Å². The molecule has 0 bridgehead atoms. The van der Waals surface area contributed by atoms with Crippen molar-refractivity contribution in [3.63, 3.8) is 0 Å². The predicted molar refractivity (Wildman–Crippen MR) is 110 cm³/mol. The Morgan fingerprint density at radius 1 is 0.926 bits per heavy atom. The molecule has 0 spiro atoms. The summed E-state index contributed by atoms with van der Waals surface area (Å²) in [6.07, 6.45) is 11.1. The SMILES string of the molecule is CCCC1=[C-]CC=C1.C[Si]C.[Cl-].[Cl-].[Zr+4].c1ccc2c(c1)[cH-]c1ccccc12. The standard InChI is InChI=1S/C13H9.C8H11.C2H6Si.2ClH.Zr/c1-3-7-12-10(5-1)9-11-6-2-4-8-13(11)12;1-2-5-8-6-3-4-7-8;1-3-2;;;/h1-9H;3,6H,2,4-5H2,1H3;1-2H3;2*1H;/q2*-1;;;;+4/p-2. The van der Waals surface area contributed by atoms with E-state index >= 15 is 0 Å². The maximum Gasteiger partial charge on any atom is 4.00 e. The first kappa shape index (κ1) is 28.7. The Morgan fingerprint density at radius 3 is 1.81 bits per heavy atom. The molecule has 0 unspecified atom stereocenters. The Labute approximate surface area is 198 Å². The zero-order valence-electron chi connectivity index (χ0n) is 16.2. The zero-order chi connectivity index (χ0) is 17.2. The van der Waals surface area contributed by atoms with Crippen LogP contribution in [-0.2, 0) is 26.2 Å². The molecule has 1 aliphatic rings. The minimum absolute atomic E-state index is 0. The summed E-state index contributed by atoms with van der Waals surface area (Å²) in [5.74, 6) is 0. The maximum absolute atomic E-state index is 3.26. The molecular formula is C23H26Cl2SiZr. The van der Waals surface area contributed by atoms with E-state index in [2.05, 4.69) is 92.8 Å². The number of halogens is 2. The topological polar surface area (TPSA) is 0 Å². The van der Waals surface area contributed by atoms with Gasteiger partial charge in [-0.2, -0.15) is 6.08 Å². The van der Waals surface area contributed by atoms with E-state index in [1.165, 1.54) is 40.0 Å². The molecule has 0 heterocycles. The van der Waals surface area contributed by atoms with E-state index < -0.39 is 0 Å². The van der Waals surface area contributed by atoms with Gasteiger partial charge >= 0.3 is 26.2 Å². The van der Waals surface area contributed by atoms with Crippen LogP contribution in [0.15, 0.2) is 72.3 Å². The van der Waals surface area contributed by atoms with Crippen LogP contribution in [0, 0.1) is 6.08 Å². The van der Waals surface area contributed by atoms with Gasteiger partial charge < -0.3 is 24.8 Å². The number of hydrogen-bond acceptors (Lipinski definition) is 0. The fraction of sp³-hybridized carbons (Fsp3) is 0.261. The number of fused-ring (bicyclic) bond motifs is 3. The van der Waals surface area contributed by atoms with Crippen molar-refractivity contribution in [1.29, 1.82) is 0 Å². The Kier molecular flexibility index (Phi) is 17.4. The van der Waals surface area contributed by atoms with Crippen LogP contribution in [0.2, 0.25) is 13.1 Å². The van der Waals surface area contributed by atoms with Crippen LogP contribution in [0.1, 0.15) is 26.2 Å². The van der Waals surface area contributed by atoms with Gasteiger partial charge in [0.25, 0.3) is 0 Å². The molecule has 0 saturated carbocycles. The van der Waals surface area contributed by atoms with Crippen LogP contribution in [0.25, 0.3) is 21.5 Å².